The Morgan fingerprint density at radius 2 is 2.04 bits per heavy atom. The maximum atomic E-state index is 12.4. The zero-order chi connectivity index (χ0) is 20.3. The maximum Gasteiger partial charge on any atom is 0.573 e. The topological polar surface area (TPSA) is 81.2 Å². The van der Waals surface area contributed by atoms with Gasteiger partial charge in [0.15, 0.2) is 0 Å². The minimum Gasteiger partial charge on any atom is -0.406 e. The fraction of sp³-hybridized carbons (Fsp3) is 0.368. The van der Waals surface area contributed by atoms with Crippen LogP contribution in [-0.4, -0.2) is 28.0 Å². The van der Waals surface area contributed by atoms with Crippen LogP contribution < -0.4 is 10.1 Å². The smallest absolute Gasteiger partial charge is 0.406 e. The molecule has 1 heterocycles. The van der Waals surface area contributed by atoms with Gasteiger partial charge in [0, 0.05) is 12.1 Å². The number of halogens is 3. The van der Waals surface area contributed by atoms with Crippen molar-refractivity contribution < 1.29 is 27.5 Å². The molecule has 148 valence electrons. The third-order valence-electron chi connectivity index (χ3n) is 4.24. The van der Waals surface area contributed by atoms with Crippen LogP contribution in [0.15, 0.2) is 36.5 Å². The van der Waals surface area contributed by atoms with Gasteiger partial charge in [-0.3, -0.25) is 9.59 Å². The Bertz CT molecular complexity index is 882. The van der Waals surface area contributed by atoms with E-state index in [0.717, 1.165) is 12.8 Å². The van der Waals surface area contributed by atoms with E-state index in [1.165, 1.54) is 30.5 Å². The van der Waals surface area contributed by atoms with Crippen molar-refractivity contribution in [3.05, 3.63) is 53.6 Å². The lowest BCUT2D eigenvalue weighted by atomic mass is 10.1. The summed E-state index contributed by atoms with van der Waals surface area (Å²) >= 11 is 0. The Labute approximate surface area is 159 Å². The van der Waals surface area contributed by atoms with Crippen molar-refractivity contribution in [2.24, 2.45) is 5.92 Å². The molecule has 3 rings (SSSR count). The predicted octanol–water partition coefficient (Wildman–Crippen LogP) is 3.39. The fourth-order valence-corrected chi connectivity index (χ4v) is 2.65. The highest BCUT2D eigenvalue weighted by molar-refractivity contribution is 5.92. The van der Waals surface area contributed by atoms with Gasteiger partial charge < -0.3 is 10.1 Å². The lowest BCUT2D eigenvalue weighted by Crippen LogP contribution is -2.28. The van der Waals surface area contributed by atoms with E-state index in [1.807, 2.05) is 0 Å². The molecule has 1 N–H and O–H groups in total. The first kappa shape index (κ1) is 19.8. The average molecular weight is 393 g/mol. The number of hydrogen-bond donors (Lipinski definition) is 1. The van der Waals surface area contributed by atoms with E-state index in [9.17, 15) is 22.8 Å². The number of nitrogens with one attached hydrogen (secondary N) is 1. The highest BCUT2D eigenvalue weighted by Gasteiger charge is 2.31. The molecule has 1 saturated carbocycles. The molecule has 9 heteroatoms. The molecule has 0 aliphatic heterocycles. The Morgan fingerprint density at radius 3 is 2.71 bits per heavy atom. The number of ether oxygens (including phenoxy) is 1. The summed E-state index contributed by atoms with van der Waals surface area (Å²) in [5.41, 5.74) is 0.524. The van der Waals surface area contributed by atoms with Crippen molar-refractivity contribution in [2.75, 3.05) is 0 Å². The Hall–Kier alpha value is -2.97. The number of carbonyl (C=O) groups excluding carboxylic acids is 2. The molecule has 28 heavy (non-hydrogen) atoms. The first-order valence-corrected chi connectivity index (χ1v) is 8.72. The zero-order valence-corrected chi connectivity index (χ0v) is 15.0. The number of nitrogens with zero attached hydrogens (tertiary/aromatic N) is 2. The van der Waals surface area contributed by atoms with E-state index in [1.54, 1.807) is 13.0 Å². The highest BCUT2D eigenvalue weighted by atomic mass is 19.4. The number of Topliss-reactive ketones (excluding diaryl/α,β-unsaturated/α-hetero) is 1. The Balaban J connectivity index is 1.65. The summed E-state index contributed by atoms with van der Waals surface area (Å²) in [6, 6.07) is 6.20. The van der Waals surface area contributed by atoms with Crippen molar-refractivity contribution >= 4 is 11.7 Å². The molecule has 6 nitrogen and oxygen atoms in total. The van der Waals surface area contributed by atoms with Crippen molar-refractivity contribution in [2.45, 2.75) is 38.6 Å². The van der Waals surface area contributed by atoms with E-state index in [4.69, 9.17) is 0 Å². The van der Waals surface area contributed by atoms with Crippen molar-refractivity contribution in [1.82, 2.24) is 15.3 Å². The number of carbonyl (C=O) groups is 2. The number of amides is 1. The quantitative estimate of drug-likeness (QED) is 0.780. The van der Waals surface area contributed by atoms with Crippen molar-refractivity contribution in [3.63, 3.8) is 0 Å². The fourth-order valence-electron chi connectivity index (χ4n) is 2.65. The largest absolute Gasteiger partial charge is 0.573 e. The van der Waals surface area contributed by atoms with Crippen LogP contribution in [0.25, 0.3) is 0 Å². The van der Waals surface area contributed by atoms with Gasteiger partial charge in [-0.25, -0.2) is 9.97 Å². The zero-order valence-electron chi connectivity index (χ0n) is 15.0. The van der Waals surface area contributed by atoms with Crippen molar-refractivity contribution in [1.29, 1.82) is 0 Å². The van der Waals surface area contributed by atoms with Crippen LogP contribution in [0, 0.1) is 5.92 Å². The molecular weight excluding hydrogens is 375 g/mol. The molecule has 0 bridgehead atoms. The average Bonchev–Trinajstić information content (AvgIpc) is 3.46. The van der Waals surface area contributed by atoms with Gasteiger partial charge in [0.2, 0.25) is 0 Å². The summed E-state index contributed by atoms with van der Waals surface area (Å²) in [5.74, 6) is -0.469. The third-order valence-corrected chi connectivity index (χ3v) is 4.24. The van der Waals surface area contributed by atoms with Gasteiger partial charge in [0.05, 0.1) is 12.5 Å². The van der Waals surface area contributed by atoms with Crippen molar-refractivity contribution in [3.8, 4) is 5.75 Å². The van der Waals surface area contributed by atoms with Crippen LogP contribution >= 0.6 is 0 Å². The van der Waals surface area contributed by atoms with Gasteiger partial charge in [-0.2, -0.15) is 0 Å². The molecule has 1 unspecified atom stereocenters. The van der Waals surface area contributed by atoms with Gasteiger partial charge in [-0.15, -0.1) is 13.2 Å². The molecule has 2 aromatic rings. The minimum atomic E-state index is -4.79. The first-order chi connectivity index (χ1) is 13.2. The number of hydrogen-bond acceptors (Lipinski definition) is 5. The summed E-state index contributed by atoms with van der Waals surface area (Å²) in [6.45, 7) is 1.63. The normalized spacial score (nSPS) is 15.0. The Morgan fingerprint density at radius 1 is 1.29 bits per heavy atom. The summed E-state index contributed by atoms with van der Waals surface area (Å²) in [6.07, 6.45) is -1.54. The lowest BCUT2D eigenvalue weighted by Gasteiger charge is -2.16. The van der Waals surface area contributed by atoms with Crippen LogP contribution in [0.2, 0.25) is 0 Å². The molecule has 1 aliphatic carbocycles. The minimum absolute atomic E-state index is 0.0624. The number of ketones is 1. The molecule has 1 atom stereocenters. The second-order valence-corrected chi connectivity index (χ2v) is 6.59. The van der Waals surface area contributed by atoms with Gasteiger partial charge in [-0.05, 0) is 43.5 Å². The SMILES string of the molecule is CC(NC(=O)c1ccnc(CC(=O)C2CC2)n1)c1cccc(OC(F)(F)F)c1. The van der Waals surface area contributed by atoms with Crippen LogP contribution in [-0.2, 0) is 11.2 Å². The van der Waals surface area contributed by atoms with Crippen LogP contribution in [0.5, 0.6) is 5.75 Å². The van der Waals surface area contributed by atoms with Crippen LogP contribution in [0.3, 0.4) is 0 Å². The van der Waals surface area contributed by atoms with E-state index in [2.05, 4.69) is 20.0 Å². The Kier molecular flexibility index (Phi) is 5.62. The molecule has 1 aromatic carbocycles. The predicted molar refractivity (Wildman–Crippen MR) is 92.5 cm³/mol. The highest BCUT2D eigenvalue weighted by Crippen LogP contribution is 2.30. The molecule has 1 aromatic heterocycles. The molecule has 0 saturated heterocycles. The van der Waals surface area contributed by atoms with Gasteiger partial charge in [0.25, 0.3) is 5.91 Å². The molecular formula is C19H18F3N3O3. The van der Waals surface area contributed by atoms with E-state index in [-0.39, 0.29) is 35.4 Å². The molecule has 1 fully saturated rings. The van der Waals surface area contributed by atoms with Crippen LogP contribution in [0.4, 0.5) is 13.2 Å². The summed E-state index contributed by atoms with van der Waals surface area (Å²) in [4.78, 5) is 32.4. The number of benzene rings is 1. The number of aromatic nitrogens is 2. The van der Waals surface area contributed by atoms with Crippen LogP contribution in [0.1, 0.15) is 47.7 Å². The number of rotatable bonds is 7. The van der Waals surface area contributed by atoms with E-state index < -0.39 is 18.3 Å². The van der Waals surface area contributed by atoms with Gasteiger partial charge in [-0.1, -0.05) is 12.1 Å². The summed E-state index contributed by atoms with van der Waals surface area (Å²) in [5, 5.41) is 2.67. The van der Waals surface area contributed by atoms with E-state index >= 15 is 0 Å². The lowest BCUT2D eigenvalue weighted by molar-refractivity contribution is -0.274. The first-order valence-electron chi connectivity index (χ1n) is 8.72. The van der Waals surface area contributed by atoms with Gasteiger partial charge >= 0.3 is 6.36 Å². The third kappa shape index (κ3) is 5.51. The second kappa shape index (κ2) is 7.95. The summed E-state index contributed by atoms with van der Waals surface area (Å²) in [7, 11) is 0. The monoisotopic (exact) mass is 393 g/mol. The van der Waals surface area contributed by atoms with E-state index in [0.29, 0.717) is 5.56 Å². The standard InChI is InChI=1S/C19H18F3N3O3/c1-11(13-3-2-4-14(9-13)28-19(20,21)22)24-18(27)15-7-8-23-17(25-15)10-16(26)12-5-6-12/h2-4,7-9,11-12H,5-6,10H2,1H3,(H,24,27). The molecule has 1 amide bonds. The second-order valence-electron chi connectivity index (χ2n) is 6.59. The molecule has 1 aliphatic rings. The number of alkyl halides is 3. The molecule has 0 radical (unpaired) electrons. The maximum absolute atomic E-state index is 12.4. The molecule has 0 spiro atoms. The van der Waals surface area contributed by atoms with Gasteiger partial charge in [0.1, 0.15) is 23.1 Å². The summed E-state index contributed by atoms with van der Waals surface area (Å²) < 4.78 is 41.0.